The normalized spacial score (nSPS) is 11.3. The summed E-state index contributed by atoms with van der Waals surface area (Å²) >= 11 is 1.35. The van der Waals surface area contributed by atoms with E-state index < -0.39 is 0 Å². The summed E-state index contributed by atoms with van der Waals surface area (Å²) in [5, 5.41) is 0. The molecule has 0 bridgehead atoms. The number of hydrogen-bond donors (Lipinski definition) is 0. The molecule has 0 saturated heterocycles. The molecule has 0 aromatic carbocycles. The Morgan fingerprint density at radius 1 is 1.33 bits per heavy atom. The van der Waals surface area contributed by atoms with Gasteiger partial charge in [0, 0.05) is 18.7 Å². The van der Waals surface area contributed by atoms with Crippen LogP contribution in [0.2, 0.25) is 0 Å². The lowest BCUT2D eigenvalue weighted by Crippen LogP contribution is -2.29. The smallest absolute Gasteiger partial charge is 0.271 e. The minimum atomic E-state index is -0.181. The van der Waals surface area contributed by atoms with Gasteiger partial charge in [-0.15, -0.1) is 11.3 Å². The number of ether oxygens (including phenoxy) is 1. The molecule has 2 rings (SSSR count). The highest BCUT2D eigenvalue weighted by Gasteiger charge is 2.28. The standard InChI is InChI=1S/C15H19N3O2S/c1-15(2,3)12-11(21-9-17-12)14(19)18(4)13-10(20-5)7-6-8-16-13/h6-9H,1-5H3. The van der Waals surface area contributed by atoms with Crippen molar-refractivity contribution in [2.75, 3.05) is 19.1 Å². The largest absolute Gasteiger partial charge is 0.493 e. The van der Waals surface area contributed by atoms with Crippen LogP contribution in [0, 0.1) is 0 Å². The van der Waals surface area contributed by atoms with Gasteiger partial charge in [-0.3, -0.25) is 9.69 Å². The van der Waals surface area contributed by atoms with E-state index >= 15 is 0 Å². The van der Waals surface area contributed by atoms with Gasteiger partial charge in [-0.05, 0) is 12.1 Å². The van der Waals surface area contributed by atoms with Gasteiger partial charge in [0.1, 0.15) is 4.88 Å². The van der Waals surface area contributed by atoms with Crippen LogP contribution in [0.4, 0.5) is 5.82 Å². The first-order valence-corrected chi connectivity index (χ1v) is 7.45. The predicted molar refractivity (Wildman–Crippen MR) is 84.3 cm³/mol. The molecule has 0 aliphatic rings. The molecule has 2 heterocycles. The zero-order valence-electron chi connectivity index (χ0n) is 12.9. The lowest BCUT2D eigenvalue weighted by atomic mass is 9.91. The molecule has 0 fully saturated rings. The van der Waals surface area contributed by atoms with Crippen LogP contribution in [-0.4, -0.2) is 30.0 Å². The first-order chi connectivity index (χ1) is 9.86. The van der Waals surface area contributed by atoms with Gasteiger partial charge in [-0.1, -0.05) is 20.8 Å². The fraction of sp³-hybridized carbons (Fsp3) is 0.400. The quantitative estimate of drug-likeness (QED) is 0.874. The van der Waals surface area contributed by atoms with Crippen molar-refractivity contribution in [2.45, 2.75) is 26.2 Å². The lowest BCUT2D eigenvalue weighted by Gasteiger charge is -2.21. The van der Waals surface area contributed by atoms with Crippen molar-refractivity contribution in [3.05, 3.63) is 34.4 Å². The predicted octanol–water partition coefficient (Wildman–Crippen LogP) is 3.12. The zero-order valence-corrected chi connectivity index (χ0v) is 13.7. The van der Waals surface area contributed by atoms with Crippen LogP contribution in [0.5, 0.6) is 5.75 Å². The summed E-state index contributed by atoms with van der Waals surface area (Å²) in [5.41, 5.74) is 2.33. The van der Waals surface area contributed by atoms with Gasteiger partial charge in [-0.25, -0.2) is 9.97 Å². The van der Waals surface area contributed by atoms with Crippen molar-refractivity contribution in [1.29, 1.82) is 0 Å². The Labute approximate surface area is 128 Å². The summed E-state index contributed by atoms with van der Waals surface area (Å²) in [6.45, 7) is 6.13. The number of methoxy groups -OCH3 is 1. The molecule has 0 aliphatic carbocycles. The number of aromatic nitrogens is 2. The van der Waals surface area contributed by atoms with Crippen molar-refractivity contribution in [3.63, 3.8) is 0 Å². The number of pyridine rings is 1. The molecule has 5 nitrogen and oxygen atoms in total. The molecule has 0 radical (unpaired) electrons. The van der Waals surface area contributed by atoms with Crippen molar-refractivity contribution < 1.29 is 9.53 Å². The Morgan fingerprint density at radius 2 is 2.05 bits per heavy atom. The molecule has 21 heavy (non-hydrogen) atoms. The van der Waals surface area contributed by atoms with Crippen LogP contribution < -0.4 is 9.64 Å². The van der Waals surface area contributed by atoms with E-state index in [2.05, 4.69) is 9.97 Å². The molecule has 2 aromatic heterocycles. The Hall–Kier alpha value is -1.95. The van der Waals surface area contributed by atoms with Gasteiger partial charge in [0.15, 0.2) is 11.6 Å². The average Bonchev–Trinajstić information content (AvgIpc) is 2.95. The van der Waals surface area contributed by atoms with Gasteiger partial charge >= 0.3 is 0 Å². The van der Waals surface area contributed by atoms with Crippen molar-refractivity contribution in [3.8, 4) is 5.75 Å². The third-order valence-corrected chi connectivity index (χ3v) is 3.88. The van der Waals surface area contributed by atoms with E-state index in [1.54, 1.807) is 38.0 Å². The first-order valence-electron chi connectivity index (χ1n) is 6.57. The summed E-state index contributed by atoms with van der Waals surface area (Å²) in [4.78, 5) is 23.5. The maximum atomic E-state index is 12.7. The summed E-state index contributed by atoms with van der Waals surface area (Å²) in [6, 6.07) is 3.55. The van der Waals surface area contributed by atoms with Crippen LogP contribution in [-0.2, 0) is 5.41 Å². The third kappa shape index (κ3) is 3.05. The van der Waals surface area contributed by atoms with Gasteiger partial charge in [-0.2, -0.15) is 0 Å². The third-order valence-electron chi connectivity index (χ3n) is 3.07. The second kappa shape index (κ2) is 5.81. The van der Waals surface area contributed by atoms with Gasteiger partial charge in [0.2, 0.25) is 0 Å². The second-order valence-electron chi connectivity index (χ2n) is 5.67. The van der Waals surface area contributed by atoms with E-state index in [1.165, 1.54) is 16.2 Å². The van der Waals surface area contributed by atoms with E-state index in [0.717, 1.165) is 5.69 Å². The molecule has 1 amide bonds. The van der Waals surface area contributed by atoms with E-state index in [0.29, 0.717) is 16.4 Å². The van der Waals surface area contributed by atoms with Gasteiger partial charge in [0.25, 0.3) is 5.91 Å². The number of nitrogens with zero attached hydrogens (tertiary/aromatic N) is 3. The van der Waals surface area contributed by atoms with Crippen molar-refractivity contribution in [1.82, 2.24) is 9.97 Å². The lowest BCUT2D eigenvalue weighted by molar-refractivity contribution is 0.0993. The molecular formula is C15H19N3O2S. The number of amides is 1. The maximum absolute atomic E-state index is 12.7. The summed E-state index contributed by atoms with van der Waals surface area (Å²) in [5.74, 6) is 0.938. The van der Waals surface area contributed by atoms with E-state index in [-0.39, 0.29) is 11.3 Å². The number of rotatable bonds is 3. The minimum Gasteiger partial charge on any atom is -0.493 e. The Morgan fingerprint density at radius 3 is 2.67 bits per heavy atom. The summed E-state index contributed by atoms with van der Waals surface area (Å²) in [6.07, 6.45) is 1.64. The fourth-order valence-electron chi connectivity index (χ4n) is 1.97. The number of carbonyl (C=O) groups is 1. The minimum absolute atomic E-state index is 0.126. The molecule has 0 unspecified atom stereocenters. The van der Waals surface area contributed by atoms with Crippen molar-refractivity contribution in [2.24, 2.45) is 0 Å². The molecule has 0 saturated carbocycles. The van der Waals surface area contributed by atoms with E-state index in [4.69, 9.17) is 4.74 Å². The van der Waals surface area contributed by atoms with Crippen LogP contribution in [0.1, 0.15) is 36.1 Å². The average molecular weight is 305 g/mol. The maximum Gasteiger partial charge on any atom is 0.271 e. The molecule has 0 N–H and O–H groups in total. The molecule has 2 aromatic rings. The van der Waals surface area contributed by atoms with Crippen LogP contribution in [0.15, 0.2) is 23.8 Å². The molecule has 0 spiro atoms. The second-order valence-corrected chi connectivity index (χ2v) is 6.53. The number of carbonyl (C=O) groups excluding carboxylic acids is 1. The number of anilines is 1. The topological polar surface area (TPSA) is 55.3 Å². The highest BCUT2D eigenvalue weighted by molar-refractivity contribution is 7.12. The molecule has 112 valence electrons. The first kappa shape index (κ1) is 15.4. The van der Waals surface area contributed by atoms with Crippen LogP contribution >= 0.6 is 11.3 Å². The van der Waals surface area contributed by atoms with Crippen molar-refractivity contribution >= 4 is 23.1 Å². The highest BCUT2D eigenvalue weighted by Crippen LogP contribution is 2.30. The molecule has 0 aliphatic heterocycles. The number of hydrogen-bond acceptors (Lipinski definition) is 5. The Kier molecular flexibility index (Phi) is 4.27. The monoisotopic (exact) mass is 305 g/mol. The molecular weight excluding hydrogens is 286 g/mol. The van der Waals surface area contributed by atoms with Gasteiger partial charge in [0.05, 0.1) is 18.3 Å². The van der Waals surface area contributed by atoms with E-state index in [1.807, 2.05) is 20.8 Å². The van der Waals surface area contributed by atoms with Gasteiger partial charge < -0.3 is 4.74 Å². The van der Waals surface area contributed by atoms with Crippen LogP contribution in [0.25, 0.3) is 0 Å². The summed E-state index contributed by atoms with van der Waals surface area (Å²) < 4.78 is 5.26. The number of thiazole rings is 1. The molecule has 6 heteroatoms. The van der Waals surface area contributed by atoms with Crippen LogP contribution in [0.3, 0.4) is 0 Å². The fourth-order valence-corrected chi connectivity index (χ4v) is 2.95. The van der Waals surface area contributed by atoms with E-state index in [9.17, 15) is 4.79 Å². The Balaban J connectivity index is 2.39. The highest BCUT2D eigenvalue weighted by atomic mass is 32.1. The SMILES string of the molecule is COc1cccnc1N(C)C(=O)c1scnc1C(C)(C)C. The Bertz CT molecular complexity index is 646. The summed E-state index contributed by atoms with van der Waals surface area (Å²) in [7, 11) is 3.26. The molecule has 0 atom stereocenters. The zero-order chi connectivity index (χ0) is 15.6.